The molecule has 1 N–H and O–H groups in total. The first-order chi connectivity index (χ1) is 7.26. The maximum atomic E-state index is 4.66. The Morgan fingerprint density at radius 3 is 2.67 bits per heavy atom. The Bertz CT molecular complexity index is 213. The third-order valence-corrected chi connectivity index (χ3v) is 5.07. The van der Waals surface area contributed by atoms with Crippen molar-refractivity contribution < 1.29 is 0 Å². The van der Waals surface area contributed by atoms with Crippen LogP contribution < -0.4 is 5.32 Å². The standard InChI is InChI=1S/C11H22N2S2/c1-4-11(5-2)8-13-10(15-9-11)12-6-7-14-3/h4-9H2,1-3H3,(H,12,13). The van der Waals surface area contributed by atoms with Crippen molar-refractivity contribution in [3.63, 3.8) is 0 Å². The molecule has 0 spiro atoms. The van der Waals surface area contributed by atoms with E-state index >= 15 is 0 Å². The van der Waals surface area contributed by atoms with Gasteiger partial charge in [0.05, 0.1) is 0 Å². The lowest BCUT2D eigenvalue weighted by molar-refractivity contribution is 0.318. The summed E-state index contributed by atoms with van der Waals surface area (Å²) < 4.78 is 0. The van der Waals surface area contributed by atoms with E-state index in [1.807, 2.05) is 23.5 Å². The van der Waals surface area contributed by atoms with Gasteiger partial charge in [-0.1, -0.05) is 25.6 Å². The molecule has 0 unspecified atom stereocenters. The molecule has 0 atom stereocenters. The van der Waals surface area contributed by atoms with Gasteiger partial charge in [0, 0.05) is 24.6 Å². The summed E-state index contributed by atoms with van der Waals surface area (Å²) in [5.41, 5.74) is 0.468. The molecule has 1 aliphatic rings. The van der Waals surface area contributed by atoms with Crippen LogP contribution in [-0.2, 0) is 0 Å². The summed E-state index contributed by atoms with van der Waals surface area (Å²) in [5, 5.41) is 4.55. The molecule has 0 radical (unpaired) electrons. The topological polar surface area (TPSA) is 24.4 Å². The fraction of sp³-hybridized carbons (Fsp3) is 0.909. The first kappa shape index (κ1) is 13.2. The molecule has 4 heteroatoms. The van der Waals surface area contributed by atoms with Gasteiger partial charge in [0.2, 0.25) is 0 Å². The Kier molecular flexibility index (Phi) is 5.90. The van der Waals surface area contributed by atoms with Gasteiger partial charge in [0.1, 0.15) is 0 Å². The molecule has 88 valence electrons. The molecule has 0 saturated heterocycles. The molecular formula is C11H22N2S2. The van der Waals surface area contributed by atoms with E-state index in [1.165, 1.54) is 18.6 Å². The lowest BCUT2D eigenvalue weighted by Gasteiger charge is -2.33. The number of nitrogens with zero attached hydrogens (tertiary/aromatic N) is 1. The summed E-state index contributed by atoms with van der Waals surface area (Å²) >= 11 is 3.77. The van der Waals surface area contributed by atoms with Crippen LogP contribution in [0.5, 0.6) is 0 Å². The average Bonchev–Trinajstić information content (AvgIpc) is 2.31. The minimum atomic E-state index is 0.468. The quantitative estimate of drug-likeness (QED) is 0.755. The highest BCUT2D eigenvalue weighted by atomic mass is 32.2. The lowest BCUT2D eigenvalue weighted by Crippen LogP contribution is -2.35. The first-order valence-corrected chi connectivity index (χ1v) is 8.04. The van der Waals surface area contributed by atoms with Gasteiger partial charge in [-0.25, -0.2) is 0 Å². The Balaban J connectivity index is 2.37. The molecule has 0 aliphatic carbocycles. The number of hydrogen-bond donors (Lipinski definition) is 1. The summed E-state index contributed by atoms with van der Waals surface area (Å²) in [5.74, 6) is 2.39. The van der Waals surface area contributed by atoms with Crippen molar-refractivity contribution in [3.8, 4) is 0 Å². The van der Waals surface area contributed by atoms with Crippen molar-refractivity contribution in [2.45, 2.75) is 26.7 Å². The Hall–Kier alpha value is 0.170. The monoisotopic (exact) mass is 246 g/mol. The lowest BCUT2D eigenvalue weighted by atomic mass is 9.84. The molecule has 0 amide bonds. The van der Waals surface area contributed by atoms with Crippen molar-refractivity contribution in [2.75, 3.05) is 30.9 Å². The van der Waals surface area contributed by atoms with Gasteiger partial charge in [-0.05, 0) is 24.5 Å². The normalized spacial score (nSPS) is 19.8. The van der Waals surface area contributed by atoms with Crippen LogP contribution in [0.4, 0.5) is 0 Å². The van der Waals surface area contributed by atoms with Crippen molar-refractivity contribution in [3.05, 3.63) is 0 Å². The zero-order valence-corrected chi connectivity index (χ0v) is 11.6. The molecule has 0 bridgehead atoms. The molecular weight excluding hydrogens is 224 g/mol. The third kappa shape index (κ3) is 3.91. The van der Waals surface area contributed by atoms with Gasteiger partial charge < -0.3 is 5.32 Å². The smallest absolute Gasteiger partial charge is 0.156 e. The number of hydrogen-bond acceptors (Lipinski definition) is 4. The van der Waals surface area contributed by atoms with E-state index in [2.05, 4.69) is 30.4 Å². The molecule has 0 aromatic heterocycles. The van der Waals surface area contributed by atoms with Crippen molar-refractivity contribution >= 4 is 28.7 Å². The van der Waals surface area contributed by atoms with Gasteiger partial charge >= 0.3 is 0 Å². The predicted molar refractivity (Wildman–Crippen MR) is 74.2 cm³/mol. The molecule has 2 nitrogen and oxygen atoms in total. The number of amidine groups is 1. The van der Waals surface area contributed by atoms with Gasteiger partial charge in [-0.3, -0.25) is 4.99 Å². The van der Waals surface area contributed by atoms with Crippen LogP contribution in [0.15, 0.2) is 4.99 Å². The first-order valence-electron chi connectivity index (χ1n) is 5.66. The highest BCUT2D eigenvalue weighted by Gasteiger charge is 2.29. The van der Waals surface area contributed by atoms with Crippen LogP contribution in [0.25, 0.3) is 0 Å². The zero-order valence-electron chi connectivity index (χ0n) is 10.0. The van der Waals surface area contributed by atoms with Crippen molar-refractivity contribution in [1.29, 1.82) is 0 Å². The van der Waals surface area contributed by atoms with E-state index in [9.17, 15) is 0 Å². The maximum Gasteiger partial charge on any atom is 0.156 e. The van der Waals surface area contributed by atoms with E-state index in [0.717, 1.165) is 24.0 Å². The largest absolute Gasteiger partial charge is 0.364 e. The molecule has 15 heavy (non-hydrogen) atoms. The maximum absolute atomic E-state index is 4.66. The molecule has 0 fully saturated rings. The van der Waals surface area contributed by atoms with Crippen LogP contribution in [0.1, 0.15) is 26.7 Å². The molecule has 1 heterocycles. The highest BCUT2D eigenvalue weighted by Crippen LogP contribution is 2.34. The van der Waals surface area contributed by atoms with E-state index in [1.54, 1.807) is 0 Å². The molecule has 0 saturated carbocycles. The molecule has 0 aromatic rings. The van der Waals surface area contributed by atoms with Crippen molar-refractivity contribution in [1.82, 2.24) is 5.32 Å². The zero-order chi connectivity index (χ0) is 11.1. The fourth-order valence-electron chi connectivity index (χ4n) is 1.60. The van der Waals surface area contributed by atoms with Gasteiger partial charge in [-0.2, -0.15) is 11.8 Å². The predicted octanol–water partition coefficient (Wildman–Crippen LogP) is 2.85. The van der Waals surface area contributed by atoms with Gasteiger partial charge in [-0.15, -0.1) is 0 Å². The fourth-order valence-corrected chi connectivity index (χ4v) is 3.21. The van der Waals surface area contributed by atoms with Crippen LogP contribution in [-0.4, -0.2) is 36.0 Å². The van der Waals surface area contributed by atoms with Gasteiger partial charge in [0.25, 0.3) is 0 Å². The number of rotatable bonds is 5. The molecule has 1 rings (SSSR count). The SMILES string of the molecule is CCC1(CC)CN=C(NCCSC)SC1. The third-order valence-electron chi connectivity index (χ3n) is 3.16. The Morgan fingerprint density at radius 1 is 1.47 bits per heavy atom. The highest BCUT2D eigenvalue weighted by molar-refractivity contribution is 8.13. The second kappa shape index (κ2) is 6.69. The summed E-state index contributed by atoms with van der Waals surface area (Å²) in [6, 6.07) is 0. The van der Waals surface area contributed by atoms with Crippen LogP contribution in [0, 0.1) is 5.41 Å². The second-order valence-corrected chi connectivity index (χ2v) is 5.99. The molecule has 0 aromatic carbocycles. The molecule has 1 aliphatic heterocycles. The van der Waals surface area contributed by atoms with Crippen LogP contribution in [0.2, 0.25) is 0 Å². The summed E-state index contributed by atoms with van der Waals surface area (Å²) in [7, 11) is 0. The summed E-state index contributed by atoms with van der Waals surface area (Å²) in [4.78, 5) is 4.66. The minimum absolute atomic E-state index is 0.468. The number of nitrogens with one attached hydrogen (secondary N) is 1. The minimum Gasteiger partial charge on any atom is -0.364 e. The van der Waals surface area contributed by atoms with Crippen LogP contribution >= 0.6 is 23.5 Å². The van der Waals surface area contributed by atoms with Crippen LogP contribution in [0.3, 0.4) is 0 Å². The van der Waals surface area contributed by atoms with E-state index in [-0.39, 0.29) is 0 Å². The number of aliphatic imine (C=N–C) groups is 1. The summed E-state index contributed by atoms with van der Waals surface area (Å²) in [6.07, 6.45) is 4.63. The van der Waals surface area contributed by atoms with E-state index in [4.69, 9.17) is 0 Å². The Morgan fingerprint density at radius 2 is 2.20 bits per heavy atom. The van der Waals surface area contributed by atoms with Crippen molar-refractivity contribution in [2.24, 2.45) is 10.4 Å². The van der Waals surface area contributed by atoms with E-state index in [0.29, 0.717) is 5.41 Å². The second-order valence-electron chi connectivity index (χ2n) is 4.04. The number of thioether (sulfide) groups is 2. The van der Waals surface area contributed by atoms with E-state index < -0.39 is 0 Å². The van der Waals surface area contributed by atoms with Gasteiger partial charge in [0.15, 0.2) is 5.17 Å². The Labute approximate surface area is 102 Å². The summed E-state index contributed by atoms with van der Waals surface area (Å²) in [6.45, 7) is 6.62. The average molecular weight is 246 g/mol.